The molecule has 136 valence electrons. The summed E-state index contributed by atoms with van der Waals surface area (Å²) in [5.41, 5.74) is 0.810. The molecule has 0 amide bonds. The van der Waals surface area contributed by atoms with Gasteiger partial charge in [0, 0.05) is 18.0 Å². The zero-order valence-electron chi connectivity index (χ0n) is 15.1. The Balaban J connectivity index is 2.08. The highest BCUT2D eigenvalue weighted by Crippen LogP contribution is 2.44. The van der Waals surface area contributed by atoms with Crippen molar-refractivity contribution < 1.29 is 23.8 Å². The molecule has 1 aromatic heterocycles. The second-order valence-corrected chi connectivity index (χ2v) is 6.21. The second-order valence-electron chi connectivity index (χ2n) is 6.21. The first kappa shape index (κ1) is 17.9. The van der Waals surface area contributed by atoms with Gasteiger partial charge in [0.1, 0.15) is 5.41 Å². The van der Waals surface area contributed by atoms with Crippen LogP contribution < -0.4 is 9.47 Å². The van der Waals surface area contributed by atoms with Crippen molar-refractivity contribution in [2.75, 3.05) is 20.8 Å². The van der Waals surface area contributed by atoms with E-state index in [0.717, 1.165) is 11.1 Å². The summed E-state index contributed by atoms with van der Waals surface area (Å²) < 4.78 is 15.9. The number of hydrogen-bond donors (Lipinski definition) is 0. The minimum atomic E-state index is -1.28. The molecule has 1 aliphatic rings. The van der Waals surface area contributed by atoms with Crippen LogP contribution in [-0.2, 0) is 22.4 Å². The molecular weight excluding hydrogens is 334 g/mol. The molecule has 1 aliphatic carbocycles. The fraction of sp³-hybridized carbons (Fsp3) is 0.350. The van der Waals surface area contributed by atoms with Gasteiger partial charge in [-0.2, -0.15) is 0 Å². The van der Waals surface area contributed by atoms with Gasteiger partial charge in [-0.15, -0.1) is 0 Å². The van der Waals surface area contributed by atoms with Crippen LogP contribution >= 0.6 is 0 Å². The van der Waals surface area contributed by atoms with E-state index in [1.54, 1.807) is 43.6 Å². The number of benzene rings is 1. The minimum Gasteiger partial charge on any atom is -0.493 e. The molecule has 0 spiro atoms. The first-order chi connectivity index (χ1) is 12.6. The molecule has 1 heterocycles. The molecule has 0 bridgehead atoms. The Morgan fingerprint density at radius 2 is 1.81 bits per heavy atom. The summed E-state index contributed by atoms with van der Waals surface area (Å²) in [6, 6.07) is 7.01. The Hall–Kier alpha value is -2.89. The van der Waals surface area contributed by atoms with E-state index in [-0.39, 0.29) is 25.2 Å². The predicted molar refractivity (Wildman–Crippen MR) is 94.6 cm³/mol. The van der Waals surface area contributed by atoms with Crippen LogP contribution in [-0.4, -0.2) is 37.6 Å². The number of methoxy groups -OCH3 is 2. The highest BCUT2D eigenvalue weighted by Gasteiger charge is 2.53. The maximum absolute atomic E-state index is 13.3. The first-order valence-corrected chi connectivity index (χ1v) is 8.41. The number of carbonyl (C=O) groups is 2. The van der Waals surface area contributed by atoms with Crippen molar-refractivity contribution in [2.24, 2.45) is 5.41 Å². The van der Waals surface area contributed by atoms with E-state index in [1.165, 1.54) is 14.2 Å². The van der Waals surface area contributed by atoms with Crippen LogP contribution in [0, 0.1) is 5.41 Å². The van der Waals surface area contributed by atoms with Crippen LogP contribution in [0.15, 0.2) is 36.7 Å². The number of esters is 1. The number of ether oxygens (including phenoxy) is 3. The van der Waals surface area contributed by atoms with E-state index in [1.807, 2.05) is 0 Å². The van der Waals surface area contributed by atoms with Gasteiger partial charge in [-0.25, -0.2) is 0 Å². The summed E-state index contributed by atoms with van der Waals surface area (Å²) in [7, 11) is 3.05. The Bertz CT molecular complexity index is 834. The summed E-state index contributed by atoms with van der Waals surface area (Å²) in [4.78, 5) is 30.1. The Morgan fingerprint density at radius 1 is 1.15 bits per heavy atom. The largest absolute Gasteiger partial charge is 0.493 e. The molecule has 1 aromatic carbocycles. The van der Waals surface area contributed by atoms with Crippen molar-refractivity contribution in [1.82, 2.24) is 4.98 Å². The Morgan fingerprint density at radius 3 is 2.42 bits per heavy atom. The smallest absolute Gasteiger partial charge is 0.320 e. The molecule has 26 heavy (non-hydrogen) atoms. The Kier molecular flexibility index (Phi) is 4.93. The normalized spacial score (nSPS) is 18.3. The summed E-state index contributed by atoms with van der Waals surface area (Å²) in [6.45, 7) is 1.95. The van der Waals surface area contributed by atoms with E-state index in [9.17, 15) is 9.59 Å². The maximum Gasteiger partial charge on any atom is 0.320 e. The highest BCUT2D eigenvalue weighted by molar-refractivity contribution is 6.16. The van der Waals surface area contributed by atoms with E-state index in [2.05, 4.69) is 4.98 Å². The molecule has 0 fully saturated rings. The van der Waals surface area contributed by atoms with Crippen LogP contribution in [0.3, 0.4) is 0 Å². The molecule has 6 heteroatoms. The predicted octanol–water partition coefficient (Wildman–Crippen LogP) is 2.63. The number of fused-ring (bicyclic) bond motifs is 1. The van der Waals surface area contributed by atoms with Gasteiger partial charge in [-0.3, -0.25) is 14.6 Å². The van der Waals surface area contributed by atoms with Crippen molar-refractivity contribution in [3.8, 4) is 11.5 Å². The summed E-state index contributed by atoms with van der Waals surface area (Å²) >= 11 is 0. The lowest BCUT2D eigenvalue weighted by atomic mass is 9.78. The van der Waals surface area contributed by atoms with E-state index in [4.69, 9.17) is 14.2 Å². The van der Waals surface area contributed by atoms with E-state index < -0.39 is 11.4 Å². The lowest BCUT2D eigenvalue weighted by Gasteiger charge is -2.25. The molecule has 0 saturated carbocycles. The van der Waals surface area contributed by atoms with Gasteiger partial charge >= 0.3 is 5.97 Å². The monoisotopic (exact) mass is 355 g/mol. The van der Waals surface area contributed by atoms with Crippen LogP contribution in [0.2, 0.25) is 0 Å². The van der Waals surface area contributed by atoms with Gasteiger partial charge in [0.25, 0.3) is 0 Å². The molecule has 0 radical (unpaired) electrons. The average Bonchev–Trinajstić information content (AvgIpc) is 2.94. The van der Waals surface area contributed by atoms with Crippen LogP contribution in [0.5, 0.6) is 11.5 Å². The molecule has 0 N–H and O–H groups in total. The maximum atomic E-state index is 13.3. The lowest BCUT2D eigenvalue weighted by Crippen LogP contribution is -2.41. The minimum absolute atomic E-state index is 0.215. The molecule has 6 nitrogen and oxygen atoms in total. The average molecular weight is 355 g/mol. The molecule has 2 aromatic rings. The quantitative estimate of drug-likeness (QED) is 0.586. The van der Waals surface area contributed by atoms with Crippen molar-refractivity contribution >= 4 is 11.8 Å². The van der Waals surface area contributed by atoms with Crippen LogP contribution in [0.25, 0.3) is 0 Å². The first-order valence-electron chi connectivity index (χ1n) is 8.41. The number of nitrogens with zero attached hydrogens (tertiary/aromatic N) is 1. The number of Topliss-reactive ketones (excluding diaryl/α,β-unsaturated/α-hetero) is 1. The van der Waals surface area contributed by atoms with Gasteiger partial charge < -0.3 is 14.2 Å². The lowest BCUT2D eigenvalue weighted by molar-refractivity contribution is -0.152. The number of carbonyl (C=O) groups excluding carboxylic acids is 2. The molecule has 0 saturated heterocycles. The molecule has 1 atom stereocenters. The van der Waals surface area contributed by atoms with Gasteiger partial charge in [-0.1, -0.05) is 0 Å². The van der Waals surface area contributed by atoms with Gasteiger partial charge in [-0.05, 0) is 55.2 Å². The van der Waals surface area contributed by atoms with E-state index >= 15 is 0 Å². The van der Waals surface area contributed by atoms with Crippen molar-refractivity contribution in [3.05, 3.63) is 53.3 Å². The second kappa shape index (κ2) is 7.15. The van der Waals surface area contributed by atoms with Gasteiger partial charge in [0.05, 0.1) is 20.8 Å². The standard InChI is InChI=1S/C20H21NO5/c1-4-26-19(23)20(11-13-5-7-21-8-6-13)12-14-9-16(24-2)17(25-3)10-15(14)18(20)22/h5-10H,4,11-12H2,1-3H3. The number of rotatable bonds is 6. The third kappa shape index (κ3) is 2.92. The number of ketones is 1. The summed E-state index contributed by atoms with van der Waals surface area (Å²) in [6.07, 6.45) is 3.81. The van der Waals surface area contributed by atoms with Gasteiger partial charge in [0.2, 0.25) is 0 Å². The molecular formula is C20H21NO5. The third-order valence-electron chi connectivity index (χ3n) is 4.70. The third-order valence-corrected chi connectivity index (χ3v) is 4.70. The summed E-state index contributed by atoms with van der Waals surface area (Å²) in [5.74, 6) is 0.241. The van der Waals surface area contributed by atoms with Crippen molar-refractivity contribution in [3.63, 3.8) is 0 Å². The van der Waals surface area contributed by atoms with Crippen LogP contribution in [0.4, 0.5) is 0 Å². The van der Waals surface area contributed by atoms with Gasteiger partial charge in [0.15, 0.2) is 17.3 Å². The zero-order chi connectivity index (χ0) is 18.7. The van der Waals surface area contributed by atoms with E-state index in [0.29, 0.717) is 17.1 Å². The zero-order valence-corrected chi connectivity index (χ0v) is 15.1. The summed E-state index contributed by atoms with van der Waals surface area (Å²) in [5, 5.41) is 0. The topological polar surface area (TPSA) is 74.7 Å². The number of pyridine rings is 1. The fourth-order valence-electron chi connectivity index (χ4n) is 3.44. The van der Waals surface area contributed by atoms with Crippen molar-refractivity contribution in [2.45, 2.75) is 19.8 Å². The molecule has 1 unspecified atom stereocenters. The number of hydrogen-bond acceptors (Lipinski definition) is 6. The van der Waals surface area contributed by atoms with Crippen molar-refractivity contribution in [1.29, 1.82) is 0 Å². The fourth-order valence-corrected chi connectivity index (χ4v) is 3.44. The molecule has 3 rings (SSSR count). The Labute approximate surface area is 152 Å². The SMILES string of the molecule is CCOC(=O)C1(Cc2ccncc2)Cc2cc(OC)c(OC)cc2C1=O. The van der Waals surface area contributed by atoms with Crippen LogP contribution in [0.1, 0.15) is 28.4 Å². The number of aromatic nitrogens is 1. The molecule has 0 aliphatic heterocycles. The highest BCUT2D eigenvalue weighted by atomic mass is 16.5.